The van der Waals surface area contributed by atoms with Crippen LogP contribution in [0.25, 0.3) is 0 Å². The van der Waals surface area contributed by atoms with Gasteiger partial charge in [0.2, 0.25) is 0 Å². The molecule has 0 atom stereocenters. The molecule has 5 nitrogen and oxygen atoms in total. The second-order valence-electron chi connectivity index (χ2n) is 4.11. The summed E-state index contributed by atoms with van der Waals surface area (Å²) in [7, 11) is 0. The lowest BCUT2D eigenvalue weighted by molar-refractivity contribution is -0.137. The molecule has 2 N–H and O–H groups in total. The molecule has 2 amide bonds. The number of hydrogen-bond donors (Lipinski definition) is 2. The van der Waals surface area contributed by atoms with Crippen LogP contribution >= 0.6 is 0 Å². The van der Waals surface area contributed by atoms with E-state index in [-0.39, 0.29) is 13.0 Å². The number of anilines is 1. The molecule has 0 aliphatic carbocycles. The molecule has 19 heavy (non-hydrogen) atoms. The quantitative estimate of drug-likeness (QED) is 0.861. The van der Waals surface area contributed by atoms with Crippen LogP contribution < -0.4 is 5.32 Å². The molecule has 0 heterocycles. The number of aliphatic carboxylic acids is 1. The van der Waals surface area contributed by atoms with Crippen LogP contribution in [-0.4, -0.2) is 35.1 Å². The molecule has 0 aliphatic rings. The number of halogens is 1. The van der Waals surface area contributed by atoms with E-state index >= 15 is 0 Å². The highest BCUT2D eigenvalue weighted by molar-refractivity contribution is 5.90. The summed E-state index contributed by atoms with van der Waals surface area (Å²) in [5.74, 6) is -1.40. The summed E-state index contributed by atoms with van der Waals surface area (Å²) in [5.41, 5.74) is 1.13. The zero-order valence-corrected chi connectivity index (χ0v) is 10.9. The molecule has 1 rings (SSSR count). The van der Waals surface area contributed by atoms with E-state index in [1.54, 1.807) is 19.9 Å². The van der Waals surface area contributed by atoms with Crippen molar-refractivity contribution < 1.29 is 19.1 Å². The van der Waals surface area contributed by atoms with E-state index in [0.29, 0.717) is 12.2 Å². The highest BCUT2D eigenvalue weighted by Crippen LogP contribution is 2.16. The van der Waals surface area contributed by atoms with Crippen LogP contribution in [0.4, 0.5) is 14.9 Å². The minimum Gasteiger partial charge on any atom is -0.481 e. The first-order chi connectivity index (χ1) is 8.93. The molecule has 104 valence electrons. The molecule has 0 saturated carbocycles. The Morgan fingerprint density at radius 3 is 2.68 bits per heavy atom. The average molecular weight is 268 g/mol. The Hall–Kier alpha value is -2.11. The minimum absolute atomic E-state index is 0.117. The van der Waals surface area contributed by atoms with Gasteiger partial charge < -0.3 is 15.3 Å². The number of carboxylic acids is 1. The fourth-order valence-electron chi connectivity index (χ4n) is 1.56. The summed E-state index contributed by atoms with van der Waals surface area (Å²) in [6, 6.07) is 3.68. The van der Waals surface area contributed by atoms with Crippen molar-refractivity contribution in [2.24, 2.45) is 0 Å². The van der Waals surface area contributed by atoms with Crippen molar-refractivity contribution in [1.82, 2.24) is 4.90 Å². The van der Waals surface area contributed by atoms with E-state index in [9.17, 15) is 14.0 Å². The molecule has 0 aromatic heterocycles. The summed E-state index contributed by atoms with van der Waals surface area (Å²) in [6.45, 7) is 4.00. The van der Waals surface area contributed by atoms with Gasteiger partial charge in [-0.25, -0.2) is 9.18 Å². The number of carbonyl (C=O) groups is 2. The van der Waals surface area contributed by atoms with Gasteiger partial charge >= 0.3 is 12.0 Å². The molecular formula is C13H17FN2O3. The third-order valence-electron chi connectivity index (χ3n) is 2.71. The topological polar surface area (TPSA) is 69.6 Å². The number of nitrogens with zero attached hydrogens (tertiary/aromatic N) is 1. The molecule has 1 aromatic rings. The van der Waals surface area contributed by atoms with Crippen molar-refractivity contribution in [2.75, 3.05) is 18.4 Å². The van der Waals surface area contributed by atoms with Crippen LogP contribution in [0.3, 0.4) is 0 Å². The first-order valence-corrected chi connectivity index (χ1v) is 5.98. The minimum atomic E-state index is -0.965. The van der Waals surface area contributed by atoms with Gasteiger partial charge in [-0.2, -0.15) is 0 Å². The lowest BCUT2D eigenvalue weighted by atomic mass is 10.2. The highest BCUT2D eigenvalue weighted by atomic mass is 19.1. The number of nitrogens with one attached hydrogen (secondary N) is 1. The predicted octanol–water partition coefficient (Wildman–Crippen LogP) is 2.46. The Morgan fingerprint density at radius 2 is 2.11 bits per heavy atom. The summed E-state index contributed by atoms with van der Waals surface area (Å²) in [5, 5.41) is 11.2. The van der Waals surface area contributed by atoms with E-state index in [2.05, 4.69) is 5.32 Å². The molecule has 0 aliphatic heterocycles. The van der Waals surface area contributed by atoms with Gasteiger partial charge in [0, 0.05) is 18.8 Å². The third kappa shape index (κ3) is 4.57. The van der Waals surface area contributed by atoms with Crippen LogP contribution in [-0.2, 0) is 4.79 Å². The van der Waals surface area contributed by atoms with Crippen molar-refractivity contribution in [3.8, 4) is 0 Å². The molecule has 0 fully saturated rings. The maximum Gasteiger partial charge on any atom is 0.321 e. The van der Waals surface area contributed by atoms with Gasteiger partial charge in [0.15, 0.2) is 0 Å². The molecule has 0 radical (unpaired) electrons. The number of aryl methyl sites for hydroxylation is 1. The second-order valence-corrected chi connectivity index (χ2v) is 4.11. The van der Waals surface area contributed by atoms with Gasteiger partial charge in [-0.3, -0.25) is 4.79 Å². The van der Waals surface area contributed by atoms with Crippen LogP contribution in [0.15, 0.2) is 18.2 Å². The SMILES string of the molecule is CCN(CCC(=O)O)C(=O)Nc1cc(F)ccc1C. The number of amides is 2. The largest absolute Gasteiger partial charge is 0.481 e. The Labute approximate surface area is 111 Å². The molecule has 0 saturated heterocycles. The van der Waals surface area contributed by atoms with Gasteiger partial charge in [-0.1, -0.05) is 6.07 Å². The second kappa shape index (κ2) is 6.72. The van der Waals surface area contributed by atoms with Gasteiger partial charge in [0.05, 0.1) is 6.42 Å². The standard InChI is InChI=1S/C13H17FN2O3/c1-3-16(7-6-12(17)18)13(19)15-11-8-10(14)5-4-9(11)2/h4-5,8H,3,6-7H2,1-2H3,(H,15,19)(H,17,18). The van der Waals surface area contributed by atoms with E-state index < -0.39 is 17.8 Å². The van der Waals surface area contributed by atoms with Gasteiger partial charge in [0.1, 0.15) is 5.82 Å². The summed E-state index contributed by atoms with van der Waals surface area (Å²) < 4.78 is 13.1. The smallest absolute Gasteiger partial charge is 0.321 e. The Kier molecular flexibility index (Phi) is 5.29. The maximum absolute atomic E-state index is 13.1. The molecule has 0 unspecified atom stereocenters. The highest BCUT2D eigenvalue weighted by Gasteiger charge is 2.14. The van der Waals surface area contributed by atoms with E-state index in [1.807, 2.05) is 0 Å². The number of benzene rings is 1. The predicted molar refractivity (Wildman–Crippen MR) is 69.7 cm³/mol. The molecule has 1 aromatic carbocycles. The van der Waals surface area contributed by atoms with Crippen LogP contribution in [0.2, 0.25) is 0 Å². The summed E-state index contributed by atoms with van der Waals surface area (Å²) in [6.07, 6.45) is -0.122. The number of hydrogen-bond acceptors (Lipinski definition) is 2. The van der Waals surface area contributed by atoms with Gasteiger partial charge in [0.25, 0.3) is 0 Å². The zero-order chi connectivity index (χ0) is 14.4. The third-order valence-corrected chi connectivity index (χ3v) is 2.71. The molecular weight excluding hydrogens is 251 g/mol. The Balaban J connectivity index is 2.71. The fourth-order valence-corrected chi connectivity index (χ4v) is 1.56. The fraction of sp³-hybridized carbons (Fsp3) is 0.385. The summed E-state index contributed by atoms with van der Waals surface area (Å²) >= 11 is 0. The molecule has 6 heteroatoms. The number of carboxylic acid groups (broad SMARTS) is 1. The molecule has 0 bridgehead atoms. The van der Waals surface area contributed by atoms with Gasteiger partial charge in [-0.05, 0) is 31.5 Å². The van der Waals surface area contributed by atoms with Crippen molar-refractivity contribution in [1.29, 1.82) is 0 Å². The number of rotatable bonds is 5. The average Bonchev–Trinajstić information content (AvgIpc) is 2.34. The zero-order valence-electron chi connectivity index (χ0n) is 10.9. The maximum atomic E-state index is 13.1. The van der Waals surface area contributed by atoms with Crippen LogP contribution in [0, 0.1) is 12.7 Å². The lowest BCUT2D eigenvalue weighted by Gasteiger charge is -2.21. The van der Waals surface area contributed by atoms with Gasteiger partial charge in [-0.15, -0.1) is 0 Å². The number of carbonyl (C=O) groups excluding carboxylic acids is 1. The van der Waals surface area contributed by atoms with E-state index in [0.717, 1.165) is 5.56 Å². The van der Waals surface area contributed by atoms with Crippen molar-refractivity contribution in [2.45, 2.75) is 20.3 Å². The van der Waals surface area contributed by atoms with Crippen molar-refractivity contribution >= 4 is 17.7 Å². The van der Waals surface area contributed by atoms with Crippen molar-refractivity contribution in [3.05, 3.63) is 29.6 Å². The van der Waals surface area contributed by atoms with Crippen LogP contribution in [0.5, 0.6) is 0 Å². The molecule has 0 spiro atoms. The van der Waals surface area contributed by atoms with E-state index in [4.69, 9.17) is 5.11 Å². The first kappa shape index (κ1) is 14.9. The Bertz CT molecular complexity index is 477. The first-order valence-electron chi connectivity index (χ1n) is 5.98. The van der Waals surface area contributed by atoms with E-state index in [1.165, 1.54) is 17.0 Å². The number of urea groups is 1. The summed E-state index contributed by atoms with van der Waals surface area (Å²) in [4.78, 5) is 23.8. The lowest BCUT2D eigenvalue weighted by Crippen LogP contribution is -2.36. The monoisotopic (exact) mass is 268 g/mol. The normalized spacial score (nSPS) is 10.1. The Morgan fingerprint density at radius 1 is 1.42 bits per heavy atom. The van der Waals surface area contributed by atoms with Crippen LogP contribution in [0.1, 0.15) is 18.9 Å². The van der Waals surface area contributed by atoms with Crippen molar-refractivity contribution in [3.63, 3.8) is 0 Å².